The van der Waals surface area contributed by atoms with Gasteiger partial charge in [-0.25, -0.2) is 0 Å². The van der Waals surface area contributed by atoms with Crippen LogP contribution in [0.1, 0.15) is 38.7 Å². The smallest absolute Gasteiger partial charge is 0.130 e. The molecule has 0 aliphatic heterocycles. The number of rotatable bonds is 7. The van der Waals surface area contributed by atoms with Crippen molar-refractivity contribution in [2.75, 3.05) is 18.0 Å². The van der Waals surface area contributed by atoms with Crippen LogP contribution in [-0.2, 0) is 0 Å². The number of hydrogen-bond donors (Lipinski definition) is 0. The summed E-state index contributed by atoms with van der Waals surface area (Å²) in [6, 6.07) is 11.7. The molecule has 1 aromatic rings. The molecule has 0 fully saturated rings. The molecular weight excluding hydrogens is 246 g/mol. The number of nitrogens with zero attached hydrogens (tertiary/aromatic N) is 3. The summed E-state index contributed by atoms with van der Waals surface area (Å²) in [5.74, 6) is 0. The summed E-state index contributed by atoms with van der Waals surface area (Å²) >= 11 is 0. The minimum atomic E-state index is 0.132. The summed E-state index contributed by atoms with van der Waals surface area (Å²) in [6.45, 7) is 6.42. The summed E-state index contributed by atoms with van der Waals surface area (Å²) < 4.78 is 0. The second-order valence-corrected chi connectivity index (χ2v) is 4.66. The molecule has 0 N–H and O–H groups in total. The molecule has 0 aromatic heterocycles. The number of nitriles is 2. The van der Waals surface area contributed by atoms with Crippen LogP contribution in [-0.4, -0.2) is 13.1 Å². The Balaban J connectivity index is 2.77. The van der Waals surface area contributed by atoms with Crippen LogP contribution in [0.3, 0.4) is 0 Å². The van der Waals surface area contributed by atoms with Crippen molar-refractivity contribution in [1.29, 1.82) is 10.5 Å². The molecule has 1 aromatic carbocycles. The van der Waals surface area contributed by atoms with Crippen molar-refractivity contribution in [2.24, 2.45) is 0 Å². The standard InChI is InChI=1S/C17H21N3/c1-3-5-6-11-20(4-2)17-9-7-15(8-10-17)12-16(13-18)14-19/h7-10,12H,3-6,11H2,1-2H3. The van der Waals surface area contributed by atoms with E-state index in [9.17, 15) is 0 Å². The maximum Gasteiger partial charge on any atom is 0.130 e. The molecule has 0 saturated heterocycles. The molecule has 0 bridgehead atoms. The van der Waals surface area contributed by atoms with Gasteiger partial charge in [0.1, 0.15) is 17.7 Å². The third kappa shape index (κ3) is 4.78. The van der Waals surface area contributed by atoms with Crippen molar-refractivity contribution in [1.82, 2.24) is 0 Å². The highest BCUT2D eigenvalue weighted by Crippen LogP contribution is 2.17. The Morgan fingerprint density at radius 3 is 2.25 bits per heavy atom. The largest absolute Gasteiger partial charge is 0.372 e. The SMILES string of the molecule is CCCCCN(CC)c1ccc(C=C(C#N)C#N)cc1. The Hall–Kier alpha value is -2.26. The van der Waals surface area contributed by atoms with Crippen LogP contribution in [0.2, 0.25) is 0 Å². The number of allylic oxidation sites excluding steroid dienone is 1. The first-order chi connectivity index (χ1) is 9.74. The molecule has 20 heavy (non-hydrogen) atoms. The molecule has 0 heterocycles. The lowest BCUT2D eigenvalue weighted by Gasteiger charge is -2.23. The van der Waals surface area contributed by atoms with Crippen molar-refractivity contribution >= 4 is 11.8 Å². The summed E-state index contributed by atoms with van der Waals surface area (Å²) in [4.78, 5) is 2.35. The third-order valence-electron chi connectivity index (χ3n) is 3.22. The molecule has 1 rings (SSSR count). The van der Waals surface area contributed by atoms with Crippen LogP contribution < -0.4 is 4.90 Å². The Labute approximate surface area is 121 Å². The van der Waals surface area contributed by atoms with Crippen LogP contribution >= 0.6 is 0 Å². The van der Waals surface area contributed by atoms with Crippen LogP contribution in [0.25, 0.3) is 6.08 Å². The van der Waals surface area contributed by atoms with Gasteiger partial charge in [-0.3, -0.25) is 0 Å². The zero-order chi connectivity index (χ0) is 14.8. The Morgan fingerprint density at radius 1 is 1.10 bits per heavy atom. The summed E-state index contributed by atoms with van der Waals surface area (Å²) in [5.41, 5.74) is 2.21. The van der Waals surface area contributed by atoms with E-state index in [1.54, 1.807) is 6.08 Å². The van der Waals surface area contributed by atoms with E-state index in [0.717, 1.165) is 18.7 Å². The highest BCUT2D eigenvalue weighted by Gasteiger charge is 2.03. The van der Waals surface area contributed by atoms with Gasteiger partial charge in [-0.2, -0.15) is 10.5 Å². The maximum atomic E-state index is 8.74. The monoisotopic (exact) mass is 267 g/mol. The van der Waals surface area contributed by atoms with Gasteiger partial charge in [0.05, 0.1) is 0 Å². The van der Waals surface area contributed by atoms with E-state index in [1.807, 2.05) is 36.4 Å². The Morgan fingerprint density at radius 2 is 1.75 bits per heavy atom. The normalized spacial score (nSPS) is 9.40. The third-order valence-corrected chi connectivity index (χ3v) is 3.22. The number of benzene rings is 1. The first-order valence-corrected chi connectivity index (χ1v) is 7.12. The lowest BCUT2D eigenvalue weighted by molar-refractivity contribution is 0.685. The summed E-state index contributed by atoms with van der Waals surface area (Å²) in [7, 11) is 0. The lowest BCUT2D eigenvalue weighted by Crippen LogP contribution is -2.23. The van der Waals surface area contributed by atoms with E-state index in [-0.39, 0.29) is 5.57 Å². The van der Waals surface area contributed by atoms with Gasteiger partial charge >= 0.3 is 0 Å². The van der Waals surface area contributed by atoms with Crippen molar-refractivity contribution < 1.29 is 0 Å². The van der Waals surface area contributed by atoms with Crippen LogP contribution in [0.4, 0.5) is 5.69 Å². The predicted octanol–water partition coefficient (Wildman–Crippen LogP) is 4.13. The Bertz CT molecular complexity index is 499. The van der Waals surface area contributed by atoms with Gasteiger partial charge in [-0.05, 0) is 37.1 Å². The molecule has 0 saturated carbocycles. The molecule has 0 radical (unpaired) electrons. The van der Waals surface area contributed by atoms with Crippen molar-refractivity contribution in [3.8, 4) is 12.1 Å². The van der Waals surface area contributed by atoms with E-state index in [2.05, 4.69) is 18.7 Å². The van der Waals surface area contributed by atoms with Gasteiger partial charge in [0.25, 0.3) is 0 Å². The van der Waals surface area contributed by atoms with Crippen LogP contribution in [0.15, 0.2) is 29.8 Å². The van der Waals surface area contributed by atoms with Crippen LogP contribution in [0, 0.1) is 22.7 Å². The number of hydrogen-bond acceptors (Lipinski definition) is 3. The van der Waals surface area contributed by atoms with Crippen molar-refractivity contribution in [2.45, 2.75) is 33.1 Å². The van der Waals surface area contributed by atoms with E-state index in [0.29, 0.717) is 0 Å². The number of anilines is 1. The average Bonchev–Trinajstić information content (AvgIpc) is 2.50. The van der Waals surface area contributed by atoms with Crippen LogP contribution in [0.5, 0.6) is 0 Å². The fraction of sp³-hybridized carbons (Fsp3) is 0.412. The molecule has 0 aliphatic carbocycles. The zero-order valence-corrected chi connectivity index (χ0v) is 12.3. The molecular formula is C17H21N3. The lowest BCUT2D eigenvalue weighted by atomic mass is 10.1. The van der Waals surface area contributed by atoms with Gasteiger partial charge in [-0.1, -0.05) is 31.9 Å². The van der Waals surface area contributed by atoms with E-state index in [4.69, 9.17) is 10.5 Å². The second kappa shape index (κ2) is 8.77. The first-order valence-electron chi connectivity index (χ1n) is 7.12. The molecule has 3 heteroatoms. The first kappa shape index (κ1) is 15.8. The predicted molar refractivity (Wildman–Crippen MR) is 83.1 cm³/mol. The van der Waals surface area contributed by atoms with E-state index in [1.165, 1.54) is 24.9 Å². The average molecular weight is 267 g/mol. The number of unbranched alkanes of at least 4 members (excludes halogenated alkanes) is 2. The van der Waals surface area contributed by atoms with Gasteiger partial charge in [0.2, 0.25) is 0 Å². The Kier molecular flexibility index (Phi) is 6.93. The van der Waals surface area contributed by atoms with E-state index < -0.39 is 0 Å². The maximum absolute atomic E-state index is 8.74. The highest BCUT2D eigenvalue weighted by atomic mass is 15.1. The van der Waals surface area contributed by atoms with Crippen molar-refractivity contribution in [3.63, 3.8) is 0 Å². The molecule has 0 atom stereocenters. The second-order valence-electron chi connectivity index (χ2n) is 4.66. The van der Waals surface area contributed by atoms with Crippen molar-refractivity contribution in [3.05, 3.63) is 35.4 Å². The minimum Gasteiger partial charge on any atom is -0.372 e. The summed E-state index contributed by atoms with van der Waals surface area (Å²) in [5, 5.41) is 17.5. The molecule has 0 spiro atoms. The minimum absolute atomic E-state index is 0.132. The highest BCUT2D eigenvalue weighted by molar-refractivity contribution is 5.63. The van der Waals surface area contributed by atoms with Gasteiger partial charge in [-0.15, -0.1) is 0 Å². The fourth-order valence-electron chi connectivity index (χ4n) is 2.06. The zero-order valence-electron chi connectivity index (χ0n) is 12.3. The molecule has 0 unspecified atom stereocenters. The molecule has 104 valence electrons. The fourth-order valence-corrected chi connectivity index (χ4v) is 2.06. The molecule has 0 amide bonds. The summed E-state index contributed by atoms with van der Waals surface area (Å²) in [6.07, 6.45) is 5.30. The van der Waals surface area contributed by atoms with Gasteiger partial charge < -0.3 is 4.90 Å². The van der Waals surface area contributed by atoms with Gasteiger partial charge in [0, 0.05) is 18.8 Å². The topological polar surface area (TPSA) is 50.8 Å². The van der Waals surface area contributed by atoms with Gasteiger partial charge in [0.15, 0.2) is 0 Å². The molecule has 0 aliphatic rings. The van der Waals surface area contributed by atoms with E-state index >= 15 is 0 Å². The quantitative estimate of drug-likeness (QED) is 0.551. The molecule has 3 nitrogen and oxygen atoms in total.